The van der Waals surface area contributed by atoms with E-state index in [2.05, 4.69) is 14.9 Å². The van der Waals surface area contributed by atoms with Gasteiger partial charge in [-0.2, -0.15) is 0 Å². The van der Waals surface area contributed by atoms with Crippen LogP contribution < -0.4 is 5.56 Å². The number of nitrogens with zero attached hydrogens (tertiary/aromatic N) is 2. The maximum absolute atomic E-state index is 12.9. The number of benzene rings is 1. The Kier molecular flexibility index (Phi) is 4.46. The molecule has 1 aromatic carbocycles. The molecule has 0 spiro atoms. The van der Waals surface area contributed by atoms with Crippen molar-refractivity contribution >= 4 is 5.78 Å². The highest BCUT2D eigenvalue weighted by Crippen LogP contribution is 2.35. The van der Waals surface area contributed by atoms with Crippen LogP contribution in [0.3, 0.4) is 0 Å². The molecule has 0 amide bonds. The van der Waals surface area contributed by atoms with Crippen LogP contribution in [0.4, 0.5) is 0 Å². The van der Waals surface area contributed by atoms with Crippen molar-refractivity contribution in [3.63, 3.8) is 0 Å². The first-order chi connectivity index (χ1) is 12.2. The van der Waals surface area contributed by atoms with Gasteiger partial charge in [-0.05, 0) is 37.1 Å². The fraction of sp³-hybridized carbons (Fsp3) is 0.421. The summed E-state index contributed by atoms with van der Waals surface area (Å²) >= 11 is 0. The van der Waals surface area contributed by atoms with Crippen molar-refractivity contribution in [2.75, 3.05) is 13.1 Å². The van der Waals surface area contributed by atoms with Gasteiger partial charge in [-0.25, -0.2) is 0 Å². The second kappa shape index (κ2) is 6.90. The lowest BCUT2D eigenvalue weighted by Gasteiger charge is -2.31. The minimum absolute atomic E-state index is 0.0226. The monoisotopic (exact) mass is 339 g/mol. The van der Waals surface area contributed by atoms with Crippen molar-refractivity contribution in [2.24, 2.45) is 5.92 Å². The van der Waals surface area contributed by atoms with Gasteiger partial charge in [-0.15, -0.1) is 0 Å². The quantitative estimate of drug-likeness (QED) is 0.920. The first-order valence-corrected chi connectivity index (χ1v) is 8.70. The summed E-state index contributed by atoms with van der Waals surface area (Å²) in [6.07, 6.45) is 4.32. The molecule has 1 atom stereocenters. The van der Waals surface area contributed by atoms with E-state index in [-0.39, 0.29) is 17.3 Å². The van der Waals surface area contributed by atoms with Gasteiger partial charge in [0.25, 0.3) is 5.56 Å². The summed E-state index contributed by atoms with van der Waals surface area (Å²) in [5.74, 6) is 0.217. The van der Waals surface area contributed by atoms with Crippen molar-refractivity contribution in [1.29, 1.82) is 0 Å². The van der Waals surface area contributed by atoms with Crippen molar-refractivity contribution < 1.29 is 9.53 Å². The molecule has 0 saturated carbocycles. The molecule has 130 valence electrons. The number of hydrogen-bond donors (Lipinski definition) is 1. The Labute approximate surface area is 145 Å². The number of fused-ring (bicyclic) bond motifs is 1. The van der Waals surface area contributed by atoms with Gasteiger partial charge in [-0.3, -0.25) is 19.5 Å². The van der Waals surface area contributed by atoms with E-state index in [1.807, 2.05) is 24.3 Å². The highest BCUT2D eigenvalue weighted by atomic mass is 16.5. The standard InChI is InChI=1S/C19H21N3O3/c23-17(18-15-4-2-1-3-14(15)12-25-18)13-5-9-22(10-6-13)11-16-19(24)21-8-7-20-16/h1-4,7-8,13,18H,5-6,9-12H2,(H,21,24). The van der Waals surface area contributed by atoms with E-state index >= 15 is 0 Å². The molecule has 0 radical (unpaired) electrons. The normalized spacial score (nSPS) is 21.2. The Morgan fingerprint density at radius 2 is 2.08 bits per heavy atom. The molecule has 1 saturated heterocycles. The lowest BCUT2D eigenvalue weighted by atomic mass is 9.87. The summed E-state index contributed by atoms with van der Waals surface area (Å²) in [5.41, 5.74) is 2.53. The van der Waals surface area contributed by atoms with E-state index in [0.717, 1.165) is 37.1 Å². The van der Waals surface area contributed by atoms with Gasteiger partial charge >= 0.3 is 0 Å². The molecule has 2 aliphatic heterocycles. The van der Waals surface area contributed by atoms with Gasteiger partial charge in [0.05, 0.1) is 6.61 Å². The predicted octanol–water partition coefficient (Wildman–Crippen LogP) is 1.82. The van der Waals surface area contributed by atoms with E-state index in [1.54, 1.807) is 6.20 Å². The molecule has 0 aliphatic carbocycles. The van der Waals surface area contributed by atoms with E-state index in [9.17, 15) is 9.59 Å². The number of aromatic nitrogens is 2. The third-order valence-corrected chi connectivity index (χ3v) is 5.15. The van der Waals surface area contributed by atoms with Gasteiger partial charge in [0.2, 0.25) is 0 Å². The molecule has 1 unspecified atom stereocenters. The maximum atomic E-state index is 12.9. The zero-order chi connectivity index (χ0) is 17.2. The summed E-state index contributed by atoms with van der Waals surface area (Å²) in [6, 6.07) is 7.95. The average Bonchev–Trinajstić information content (AvgIpc) is 3.08. The first-order valence-electron chi connectivity index (χ1n) is 8.70. The Hall–Kier alpha value is -2.31. The summed E-state index contributed by atoms with van der Waals surface area (Å²) in [7, 11) is 0. The topological polar surface area (TPSA) is 75.3 Å². The SMILES string of the molecule is O=C(C1CCN(Cc2ncc[nH]c2=O)CC1)C1OCc2ccccc21. The van der Waals surface area contributed by atoms with Crippen molar-refractivity contribution in [1.82, 2.24) is 14.9 Å². The average molecular weight is 339 g/mol. The van der Waals surface area contributed by atoms with Crippen molar-refractivity contribution in [2.45, 2.75) is 32.1 Å². The molecule has 1 aromatic heterocycles. The maximum Gasteiger partial charge on any atom is 0.270 e. The van der Waals surface area contributed by atoms with Crippen LogP contribution in [0.15, 0.2) is 41.5 Å². The van der Waals surface area contributed by atoms with E-state index in [1.165, 1.54) is 6.20 Å². The molecule has 2 aromatic rings. The van der Waals surface area contributed by atoms with Crippen LogP contribution in [-0.4, -0.2) is 33.7 Å². The van der Waals surface area contributed by atoms with Crippen LogP contribution in [0.2, 0.25) is 0 Å². The fourth-order valence-corrected chi connectivity index (χ4v) is 3.72. The smallest absolute Gasteiger partial charge is 0.270 e. The number of carbonyl (C=O) groups excluding carboxylic acids is 1. The van der Waals surface area contributed by atoms with Gasteiger partial charge < -0.3 is 9.72 Å². The second-order valence-corrected chi connectivity index (χ2v) is 6.71. The van der Waals surface area contributed by atoms with Crippen LogP contribution in [-0.2, 0) is 22.7 Å². The van der Waals surface area contributed by atoms with Crippen molar-refractivity contribution in [3.8, 4) is 0 Å². The van der Waals surface area contributed by atoms with E-state index in [0.29, 0.717) is 18.8 Å². The van der Waals surface area contributed by atoms with Gasteiger partial charge in [0, 0.05) is 24.9 Å². The van der Waals surface area contributed by atoms with Gasteiger partial charge in [0.1, 0.15) is 11.8 Å². The highest BCUT2D eigenvalue weighted by Gasteiger charge is 2.35. The molecule has 3 heterocycles. The van der Waals surface area contributed by atoms with E-state index in [4.69, 9.17) is 4.74 Å². The number of likely N-dealkylation sites (tertiary alicyclic amines) is 1. The first kappa shape index (κ1) is 16.2. The summed E-state index contributed by atoms with van der Waals surface area (Å²) in [4.78, 5) is 33.6. The summed E-state index contributed by atoms with van der Waals surface area (Å²) in [5, 5.41) is 0. The number of H-pyrrole nitrogens is 1. The molecule has 6 heteroatoms. The number of aromatic amines is 1. The van der Waals surface area contributed by atoms with Crippen molar-refractivity contribution in [3.05, 3.63) is 63.8 Å². The molecule has 25 heavy (non-hydrogen) atoms. The number of Topliss-reactive ketones (excluding diaryl/α,β-unsaturated/α-hetero) is 1. The van der Waals surface area contributed by atoms with Crippen LogP contribution in [0.1, 0.15) is 35.8 Å². The molecule has 2 aliphatic rings. The molecule has 6 nitrogen and oxygen atoms in total. The molecular formula is C19H21N3O3. The highest BCUT2D eigenvalue weighted by molar-refractivity contribution is 5.87. The number of ketones is 1. The second-order valence-electron chi connectivity index (χ2n) is 6.71. The van der Waals surface area contributed by atoms with Gasteiger partial charge in [-0.1, -0.05) is 24.3 Å². The largest absolute Gasteiger partial charge is 0.361 e. The molecule has 1 fully saturated rings. The Morgan fingerprint density at radius 1 is 1.28 bits per heavy atom. The minimum atomic E-state index is -0.411. The number of rotatable bonds is 4. The lowest BCUT2D eigenvalue weighted by Crippen LogP contribution is -2.38. The molecule has 1 N–H and O–H groups in total. The van der Waals surface area contributed by atoms with Crippen LogP contribution in [0, 0.1) is 5.92 Å². The summed E-state index contributed by atoms with van der Waals surface area (Å²) < 4.78 is 5.76. The Balaban J connectivity index is 1.37. The summed E-state index contributed by atoms with van der Waals surface area (Å²) in [6.45, 7) is 2.63. The third kappa shape index (κ3) is 3.27. The van der Waals surface area contributed by atoms with Crippen LogP contribution in [0.5, 0.6) is 0 Å². The minimum Gasteiger partial charge on any atom is -0.361 e. The number of ether oxygens (including phenoxy) is 1. The number of hydrogen-bond acceptors (Lipinski definition) is 5. The van der Waals surface area contributed by atoms with Gasteiger partial charge in [0.15, 0.2) is 5.78 Å². The zero-order valence-electron chi connectivity index (χ0n) is 14.0. The number of carbonyl (C=O) groups is 1. The molecular weight excluding hydrogens is 318 g/mol. The predicted molar refractivity (Wildman–Crippen MR) is 91.8 cm³/mol. The fourth-order valence-electron chi connectivity index (χ4n) is 3.72. The van der Waals surface area contributed by atoms with Crippen LogP contribution >= 0.6 is 0 Å². The lowest BCUT2D eigenvalue weighted by molar-refractivity contribution is -0.135. The number of piperidine rings is 1. The molecule has 0 bridgehead atoms. The Morgan fingerprint density at radius 3 is 2.88 bits per heavy atom. The molecule has 4 rings (SSSR count). The number of nitrogens with one attached hydrogen (secondary N) is 1. The zero-order valence-corrected chi connectivity index (χ0v) is 14.0. The third-order valence-electron chi connectivity index (χ3n) is 5.15. The van der Waals surface area contributed by atoms with Crippen LogP contribution in [0.25, 0.3) is 0 Å². The Bertz CT molecular complexity index is 824. The van der Waals surface area contributed by atoms with E-state index < -0.39 is 6.10 Å².